The second kappa shape index (κ2) is 5.48. The summed E-state index contributed by atoms with van der Waals surface area (Å²) in [5.74, 6) is 1.12. The summed E-state index contributed by atoms with van der Waals surface area (Å²) >= 11 is 0. The molecule has 0 unspecified atom stereocenters. The van der Waals surface area contributed by atoms with Gasteiger partial charge in [0.1, 0.15) is 11.5 Å². The monoisotopic (exact) mass is 273 g/mol. The van der Waals surface area contributed by atoms with Gasteiger partial charge in [-0.3, -0.25) is 4.79 Å². The number of piperidine rings is 1. The number of carbonyl (C=O) groups excluding carboxylic acids is 1. The first-order valence-corrected chi connectivity index (χ1v) is 7.09. The van der Waals surface area contributed by atoms with Crippen molar-refractivity contribution < 1.29 is 4.79 Å². The van der Waals surface area contributed by atoms with E-state index < -0.39 is 0 Å². The van der Waals surface area contributed by atoms with Crippen LogP contribution >= 0.6 is 0 Å². The van der Waals surface area contributed by atoms with E-state index in [1.807, 2.05) is 17.3 Å². The summed E-state index contributed by atoms with van der Waals surface area (Å²) in [5, 5.41) is 0. The van der Waals surface area contributed by atoms with Crippen molar-refractivity contribution in [3.8, 4) is 0 Å². The van der Waals surface area contributed by atoms with Gasteiger partial charge < -0.3 is 14.5 Å². The normalized spacial score (nSPS) is 19.2. The molecule has 0 saturated carbocycles. The van der Waals surface area contributed by atoms with Crippen molar-refractivity contribution in [2.75, 3.05) is 13.1 Å². The highest BCUT2D eigenvalue weighted by Crippen LogP contribution is 2.23. The smallest absolute Gasteiger partial charge is 0.271 e. The molecule has 2 aromatic heterocycles. The maximum Gasteiger partial charge on any atom is 0.271 e. The third kappa shape index (κ3) is 2.33. The first-order chi connectivity index (χ1) is 9.79. The Morgan fingerprint density at radius 2 is 2.45 bits per heavy atom. The number of H-pyrrole nitrogens is 1. The molecule has 1 N–H and O–H groups in total. The minimum Gasteiger partial charge on any atom is -0.341 e. The van der Waals surface area contributed by atoms with Crippen molar-refractivity contribution in [1.29, 1.82) is 0 Å². The van der Waals surface area contributed by atoms with Crippen LogP contribution in [0.15, 0.2) is 24.9 Å². The number of hydrogen-bond donors (Lipinski definition) is 1. The van der Waals surface area contributed by atoms with Crippen molar-refractivity contribution >= 4 is 5.91 Å². The highest BCUT2D eigenvalue weighted by atomic mass is 16.2. The Kier molecular flexibility index (Phi) is 3.54. The van der Waals surface area contributed by atoms with Crippen LogP contribution in [0.2, 0.25) is 0 Å². The van der Waals surface area contributed by atoms with Gasteiger partial charge in [0, 0.05) is 31.9 Å². The van der Waals surface area contributed by atoms with Crippen LogP contribution < -0.4 is 0 Å². The fraction of sp³-hybridized carbons (Fsp3) is 0.500. The van der Waals surface area contributed by atoms with Gasteiger partial charge in [0.2, 0.25) is 0 Å². The quantitative estimate of drug-likeness (QED) is 0.924. The topological polar surface area (TPSA) is 66.8 Å². The van der Waals surface area contributed by atoms with Crippen molar-refractivity contribution in [2.24, 2.45) is 0 Å². The predicted octanol–water partition coefficient (Wildman–Crippen LogP) is 1.65. The molecule has 6 nitrogen and oxygen atoms in total. The van der Waals surface area contributed by atoms with Crippen LogP contribution in [0.5, 0.6) is 0 Å². The van der Waals surface area contributed by atoms with Crippen LogP contribution in [0.3, 0.4) is 0 Å². The lowest BCUT2D eigenvalue weighted by Crippen LogP contribution is -2.41. The number of aromatic nitrogens is 4. The Balaban J connectivity index is 1.75. The fourth-order valence-corrected chi connectivity index (χ4v) is 2.86. The molecule has 0 radical (unpaired) electrons. The molecule has 3 heterocycles. The minimum absolute atomic E-state index is 0.0327. The van der Waals surface area contributed by atoms with Crippen LogP contribution in [-0.2, 0) is 6.42 Å². The highest BCUT2D eigenvalue weighted by molar-refractivity contribution is 5.92. The number of hydrogen-bond acceptors (Lipinski definition) is 3. The number of aromatic amines is 1. The van der Waals surface area contributed by atoms with E-state index in [9.17, 15) is 4.79 Å². The average molecular weight is 273 g/mol. The van der Waals surface area contributed by atoms with Crippen LogP contribution in [-0.4, -0.2) is 43.4 Å². The molecule has 0 aliphatic carbocycles. The third-order valence-corrected chi connectivity index (χ3v) is 3.87. The Bertz CT molecular complexity index is 574. The van der Waals surface area contributed by atoms with Crippen LogP contribution in [0, 0.1) is 0 Å². The molecule has 0 aromatic carbocycles. The van der Waals surface area contributed by atoms with Gasteiger partial charge in [-0.1, -0.05) is 6.92 Å². The minimum atomic E-state index is 0.0327. The summed E-state index contributed by atoms with van der Waals surface area (Å²) in [6, 6.07) is 0.327. The van der Waals surface area contributed by atoms with E-state index >= 15 is 0 Å². The zero-order valence-corrected chi connectivity index (χ0v) is 11.6. The van der Waals surface area contributed by atoms with Crippen LogP contribution in [0.25, 0.3) is 0 Å². The van der Waals surface area contributed by atoms with Crippen LogP contribution in [0.1, 0.15) is 42.1 Å². The molecule has 6 heteroatoms. The number of carbonyl (C=O) groups is 1. The number of rotatable bonds is 3. The molecule has 20 heavy (non-hydrogen) atoms. The molecule has 1 amide bonds. The molecule has 2 aromatic rings. The standard InChI is InChI=1S/C14H19N5O/c1-2-13-16-5-7-19(13)11-4-3-6-18(9-11)14(20)12-8-15-10-17-12/h5,7-8,10-11H,2-4,6,9H2,1H3,(H,15,17)/t11-/m0/s1. The molecule has 106 valence electrons. The molecule has 0 spiro atoms. The number of nitrogens with zero attached hydrogens (tertiary/aromatic N) is 4. The van der Waals surface area contributed by atoms with E-state index in [4.69, 9.17) is 0 Å². The van der Waals surface area contributed by atoms with E-state index in [-0.39, 0.29) is 5.91 Å². The molecule has 3 rings (SSSR count). The number of amides is 1. The number of imidazole rings is 2. The fourth-order valence-electron chi connectivity index (χ4n) is 2.86. The molecule has 1 aliphatic heterocycles. The lowest BCUT2D eigenvalue weighted by molar-refractivity contribution is 0.0672. The molecule has 1 saturated heterocycles. The molecule has 1 aliphatic rings. The van der Waals surface area contributed by atoms with Gasteiger partial charge in [0.15, 0.2) is 0 Å². The second-order valence-corrected chi connectivity index (χ2v) is 5.12. The lowest BCUT2D eigenvalue weighted by atomic mass is 10.0. The van der Waals surface area contributed by atoms with E-state index in [0.29, 0.717) is 11.7 Å². The first-order valence-electron chi connectivity index (χ1n) is 7.09. The second-order valence-electron chi connectivity index (χ2n) is 5.12. The van der Waals surface area contributed by atoms with Crippen molar-refractivity contribution in [1.82, 2.24) is 24.4 Å². The summed E-state index contributed by atoms with van der Waals surface area (Å²) in [6.45, 7) is 3.65. The predicted molar refractivity (Wildman–Crippen MR) is 74.4 cm³/mol. The Morgan fingerprint density at radius 1 is 1.55 bits per heavy atom. The van der Waals surface area contributed by atoms with Crippen molar-refractivity contribution in [3.05, 3.63) is 36.4 Å². The van der Waals surface area contributed by atoms with E-state index in [1.165, 1.54) is 0 Å². The SMILES string of the molecule is CCc1nccn1[C@H]1CCCN(C(=O)c2cnc[nH]2)C1. The molecular weight excluding hydrogens is 254 g/mol. The zero-order chi connectivity index (χ0) is 13.9. The van der Waals surface area contributed by atoms with Crippen molar-refractivity contribution in [2.45, 2.75) is 32.2 Å². The van der Waals surface area contributed by atoms with Gasteiger partial charge in [-0.05, 0) is 12.8 Å². The third-order valence-electron chi connectivity index (χ3n) is 3.87. The maximum absolute atomic E-state index is 12.4. The summed E-state index contributed by atoms with van der Waals surface area (Å²) in [5.41, 5.74) is 0.562. The largest absolute Gasteiger partial charge is 0.341 e. The zero-order valence-electron chi connectivity index (χ0n) is 11.6. The maximum atomic E-state index is 12.4. The van der Waals surface area contributed by atoms with Crippen molar-refractivity contribution in [3.63, 3.8) is 0 Å². The molecule has 0 bridgehead atoms. The first kappa shape index (κ1) is 12.9. The average Bonchev–Trinajstić information content (AvgIpc) is 3.17. The molecule has 1 atom stereocenters. The Morgan fingerprint density at radius 3 is 3.20 bits per heavy atom. The lowest BCUT2D eigenvalue weighted by Gasteiger charge is -2.33. The molecular formula is C14H19N5O. The Hall–Kier alpha value is -2.11. The van der Waals surface area contributed by atoms with Gasteiger partial charge in [-0.25, -0.2) is 9.97 Å². The van der Waals surface area contributed by atoms with E-state index in [1.54, 1.807) is 12.5 Å². The van der Waals surface area contributed by atoms with Gasteiger partial charge in [-0.15, -0.1) is 0 Å². The number of likely N-dealkylation sites (tertiary alicyclic amines) is 1. The highest BCUT2D eigenvalue weighted by Gasteiger charge is 2.26. The summed E-state index contributed by atoms with van der Waals surface area (Å²) < 4.78 is 2.21. The summed E-state index contributed by atoms with van der Waals surface area (Å²) in [6.07, 6.45) is 10.0. The number of nitrogens with one attached hydrogen (secondary N) is 1. The summed E-state index contributed by atoms with van der Waals surface area (Å²) in [4.78, 5) is 25.4. The van der Waals surface area contributed by atoms with Gasteiger partial charge in [0.25, 0.3) is 5.91 Å². The number of aryl methyl sites for hydroxylation is 1. The van der Waals surface area contributed by atoms with Gasteiger partial charge in [0.05, 0.1) is 18.6 Å². The summed E-state index contributed by atoms with van der Waals surface area (Å²) in [7, 11) is 0. The van der Waals surface area contributed by atoms with E-state index in [0.717, 1.165) is 38.2 Å². The Labute approximate surface area is 117 Å². The van der Waals surface area contributed by atoms with Gasteiger partial charge in [-0.2, -0.15) is 0 Å². The molecule has 1 fully saturated rings. The van der Waals surface area contributed by atoms with E-state index in [2.05, 4.69) is 26.4 Å². The van der Waals surface area contributed by atoms with Gasteiger partial charge >= 0.3 is 0 Å². The van der Waals surface area contributed by atoms with Crippen LogP contribution in [0.4, 0.5) is 0 Å².